The molecule has 7 heteroatoms. The number of thiazole rings is 1. The fourth-order valence-electron chi connectivity index (χ4n) is 3.27. The van der Waals surface area contributed by atoms with Crippen LogP contribution in [-0.2, 0) is 24.2 Å². The Morgan fingerprint density at radius 1 is 1.07 bits per heavy atom. The first-order chi connectivity index (χ1) is 14.6. The van der Waals surface area contributed by atoms with E-state index < -0.39 is 18.2 Å². The molecule has 30 heavy (non-hydrogen) atoms. The number of nitrogens with zero attached hydrogens (tertiary/aromatic N) is 1. The average molecular weight is 426 g/mol. The van der Waals surface area contributed by atoms with Gasteiger partial charge in [0.25, 0.3) is 0 Å². The second kappa shape index (κ2) is 11.4. The SMILES string of the molecule is N[C@@H](Cc1ccccc1)C[C@H](O)[C@H](Cc1ccccc1)NC(=O)OCc1cscn1. The van der Waals surface area contributed by atoms with Gasteiger partial charge in [-0.05, 0) is 30.4 Å². The van der Waals surface area contributed by atoms with Gasteiger partial charge in [0.15, 0.2) is 0 Å². The molecule has 0 bridgehead atoms. The van der Waals surface area contributed by atoms with Crippen LogP contribution < -0.4 is 11.1 Å². The molecule has 6 nitrogen and oxygen atoms in total. The van der Waals surface area contributed by atoms with Gasteiger partial charge in [-0.1, -0.05) is 60.7 Å². The quantitative estimate of drug-likeness (QED) is 0.463. The molecular formula is C23H27N3O3S. The van der Waals surface area contributed by atoms with Gasteiger partial charge in [0, 0.05) is 11.4 Å². The maximum Gasteiger partial charge on any atom is 0.407 e. The summed E-state index contributed by atoms with van der Waals surface area (Å²) in [6.45, 7) is 0.0943. The van der Waals surface area contributed by atoms with Gasteiger partial charge in [0.05, 0.1) is 23.4 Å². The number of carbonyl (C=O) groups is 1. The summed E-state index contributed by atoms with van der Waals surface area (Å²) in [6, 6.07) is 18.9. The normalized spacial score (nSPS) is 13.9. The molecule has 1 aromatic heterocycles. The molecule has 1 heterocycles. The monoisotopic (exact) mass is 425 g/mol. The Morgan fingerprint density at radius 2 is 1.70 bits per heavy atom. The summed E-state index contributed by atoms with van der Waals surface area (Å²) in [5.74, 6) is 0. The van der Waals surface area contributed by atoms with Crippen LogP contribution in [0.15, 0.2) is 71.6 Å². The number of aromatic nitrogens is 1. The molecule has 158 valence electrons. The highest BCUT2D eigenvalue weighted by Gasteiger charge is 2.24. The number of nitrogens with two attached hydrogens (primary N) is 1. The molecule has 3 atom stereocenters. The number of alkyl carbamates (subject to hydrolysis) is 1. The van der Waals surface area contributed by atoms with E-state index in [1.54, 1.807) is 5.51 Å². The van der Waals surface area contributed by atoms with Crippen LogP contribution in [-0.4, -0.2) is 34.4 Å². The lowest BCUT2D eigenvalue weighted by atomic mass is 9.94. The molecule has 2 aromatic carbocycles. The Labute approximate surface area is 180 Å². The fraction of sp³-hybridized carbons (Fsp3) is 0.304. The summed E-state index contributed by atoms with van der Waals surface area (Å²) < 4.78 is 5.26. The van der Waals surface area contributed by atoms with Crippen LogP contribution in [0.4, 0.5) is 4.79 Å². The first-order valence-electron chi connectivity index (χ1n) is 9.92. The van der Waals surface area contributed by atoms with E-state index in [-0.39, 0.29) is 12.6 Å². The van der Waals surface area contributed by atoms with Gasteiger partial charge in [-0.3, -0.25) is 0 Å². The third-order valence-electron chi connectivity index (χ3n) is 4.79. The van der Waals surface area contributed by atoms with Crippen molar-refractivity contribution >= 4 is 17.4 Å². The summed E-state index contributed by atoms with van der Waals surface area (Å²) >= 11 is 1.44. The molecule has 3 rings (SSSR count). The van der Waals surface area contributed by atoms with E-state index in [2.05, 4.69) is 10.3 Å². The smallest absolute Gasteiger partial charge is 0.407 e. The van der Waals surface area contributed by atoms with Crippen LogP contribution in [0.25, 0.3) is 0 Å². The van der Waals surface area contributed by atoms with Gasteiger partial charge in [0.1, 0.15) is 6.61 Å². The van der Waals surface area contributed by atoms with Crippen LogP contribution in [0.1, 0.15) is 23.2 Å². The van der Waals surface area contributed by atoms with Gasteiger partial charge in [0.2, 0.25) is 0 Å². The number of benzene rings is 2. The van der Waals surface area contributed by atoms with E-state index in [9.17, 15) is 9.90 Å². The van der Waals surface area contributed by atoms with Crippen molar-refractivity contribution in [2.24, 2.45) is 5.73 Å². The molecule has 4 N–H and O–H groups in total. The number of aliphatic hydroxyl groups excluding tert-OH is 1. The molecule has 0 saturated carbocycles. The van der Waals surface area contributed by atoms with Gasteiger partial charge in [-0.15, -0.1) is 11.3 Å². The first-order valence-corrected chi connectivity index (χ1v) is 10.9. The number of nitrogens with one attached hydrogen (secondary N) is 1. The zero-order chi connectivity index (χ0) is 21.2. The summed E-state index contributed by atoms with van der Waals surface area (Å²) in [4.78, 5) is 16.4. The fourth-order valence-corrected chi connectivity index (χ4v) is 3.81. The van der Waals surface area contributed by atoms with Crippen LogP contribution in [0, 0.1) is 0 Å². The second-order valence-electron chi connectivity index (χ2n) is 7.25. The van der Waals surface area contributed by atoms with Crippen LogP contribution in [0.5, 0.6) is 0 Å². The molecular weight excluding hydrogens is 398 g/mol. The van der Waals surface area contributed by atoms with E-state index in [1.807, 2.05) is 66.0 Å². The molecule has 1 amide bonds. The number of amides is 1. The standard InChI is InChI=1S/C23H27N3O3S/c24-19(11-17-7-3-1-4-8-17)13-22(27)21(12-18-9-5-2-6-10-18)26-23(28)29-14-20-15-30-16-25-20/h1-10,15-16,19,21-22,27H,11-14,24H2,(H,26,28)/t19-,21-,22-/m0/s1. The number of hydrogen-bond donors (Lipinski definition) is 3. The van der Waals surface area contributed by atoms with Crippen LogP contribution in [0.2, 0.25) is 0 Å². The third kappa shape index (κ3) is 7.26. The molecule has 0 radical (unpaired) electrons. The Bertz CT molecular complexity index is 875. The molecule has 0 fully saturated rings. The van der Waals surface area contributed by atoms with Crippen molar-refractivity contribution in [3.8, 4) is 0 Å². The predicted octanol–water partition coefficient (Wildman–Crippen LogP) is 3.30. The van der Waals surface area contributed by atoms with Gasteiger partial charge >= 0.3 is 6.09 Å². The van der Waals surface area contributed by atoms with Crippen molar-refractivity contribution in [3.05, 3.63) is 88.4 Å². The van der Waals surface area contributed by atoms with Crippen molar-refractivity contribution in [2.75, 3.05) is 0 Å². The molecule has 0 saturated heterocycles. The van der Waals surface area contributed by atoms with Crippen molar-refractivity contribution in [1.29, 1.82) is 0 Å². The van der Waals surface area contributed by atoms with Crippen LogP contribution in [0.3, 0.4) is 0 Å². The number of aliphatic hydroxyl groups is 1. The Balaban J connectivity index is 1.59. The second-order valence-corrected chi connectivity index (χ2v) is 7.97. The highest BCUT2D eigenvalue weighted by atomic mass is 32.1. The summed E-state index contributed by atoms with van der Waals surface area (Å²) in [6.07, 6.45) is 0.102. The predicted molar refractivity (Wildman–Crippen MR) is 118 cm³/mol. The number of ether oxygens (including phenoxy) is 1. The zero-order valence-corrected chi connectivity index (χ0v) is 17.5. The molecule has 0 aliphatic heterocycles. The summed E-state index contributed by atoms with van der Waals surface area (Å²) in [5, 5.41) is 15.5. The molecule has 0 spiro atoms. The van der Waals surface area contributed by atoms with Gasteiger partial charge in [-0.2, -0.15) is 0 Å². The third-order valence-corrected chi connectivity index (χ3v) is 5.42. The van der Waals surface area contributed by atoms with Gasteiger partial charge < -0.3 is 20.9 Å². The zero-order valence-electron chi connectivity index (χ0n) is 16.7. The molecule has 0 aliphatic rings. The lowest BCUT2D eigenvalue weighted by Crippen LogP contribution is -2.47. The summed E-state index contributed by atoms with van der Waals surface area (Å²) in [7, 11) is 0. The Kier molecular flexibility index (Phi) is 8.38. The highest BCUT2D eigenvalue weighted by Crippen LogP contribution is 2.13. The van der Waals surface area contributed by atoms with E-state index in [0.717, 1.165) is 11.1 Å². The van der Waals surface area contributed by atoms with Crippen molar-refractivity contribution in [1.82, 2.24) is 10.3 Å². The Morgan fingerprint density at radius 3 is 2.30 bits per heavy atom. The largest absolute Gasteiger partial charge is 0.443 e. The first kappa shape index (κ1) is 22.0. The summed E-state index contributed by atoms with van der Waals surface area (Å²) in [5.41, 5.74) is 10.8. The van der Waals surface area contributed by atoms with Gasteiger partial charge in [-0.25, -0.2) is 9.78 Å². The van der Waals surface area contributed by atoms with Crippen molar-refractivity contribution < 1.29 is 14.6 Å². The van der Waals surface area contributed by atoms with E-state index >= 15 is 0 Å². The number of carbonyl (C=O) groups excluding carboxylic acids is 1. The average Bonchev–Trinajstić information content (AvgIpc) is 3.27. The minimum Gasteiger partial charge on any atom is -0.443 e. The highest BCUT2D eigenvalue weighted by molar-refractivity contribution is 7.07. The lowest BCUT2D eigenvalue weighted by molar-refractivity contribution is 0.0918. The van der Waals surface area contributed by atoms with Crippen LogP contribution >= 0.6 is 11.3 Å². The van der Waals surface area contributed by atoms with Crippen molar-refractivity contribution in [3.63, 3.8) is 0 Å². The lowest BCUT2D eigenvalue weighted by Gasteiger charge is -2.26. The molecule has 0 aliphatic carbocycles. The Hall–Kier alpha value is -2.74. The maximum atomic E-state index is 12.3. The van der Waals surface area contributed by atoms with E-state index in [4.69, 9.17) is 10.5 Å². The topological polar surface area (TPSA) is 97.5 Å². The molecule has 3 aromatic rings. The van der Waals surface area contributed by atoms with Crippen molar-refractivity contribution in [2.45, 2.75) is 44.1 Å². The minimum absolute atomic E-state index is 0.0943. The van der Waals surface area contributed by atoms with E-state index in [0.29, 0.717) is 25.0 Å². The maximum absolute atomic E-state index is 12.3. The van der Waals surface area contributed by atoms with E-state index in [1.165, 1.54) is 11.3 Å². The number of rotatable bonds is 10. The number of hydrogen-bond acceptors (Lipinski definition) is 6. The minimum atomic E-state index is -0.809. The molecule has 0 unspecified atom stereocenters.